The summed E-state index contributed by atoms with van der Waals surface area (Å²) in [4.78, 5) is 6.69. The summed E-state index contributed by atoms with van der Waals surface area (Å²) in [6, 6.07) is 8.61. The van der Waals surface area contributed by atoms with E-state index in [0.717, 1.165) is 11.5 Å². The summed E-state index contributed by atoms with van der Waals surface area (Å²) in [5, 5.41) is 0. The first-order valence-electron chi connectivity index (χ1n) is 6.06. The minimum Gasteiger partial charge on any atom is -0.475 e. The third-order valence-corrected chi connectivity index (χ3v) is 3.07. The first kappa shape index (κ1) is 12.0. The number of hydrogen-bond donors (Lipinski definition) is 0. The van der Waals surface area contributed by atoms with Gasteiger partial charge in [0.25, 0.3) is 0 Å². The second-order valence-electron chi connectivity index (χ2n) is 5.00. The van der Waals surface area contributed by atoms with Crippen LogP contribution in [-0.2, 0) is 4.74 Å². The maximum atomic E-state index is 5.65. The lowest BCUT2D eigenvalue weighted by Crippen LogP contribution is -2.13. The van der Waals surface area contributed by atoms with Gasteiger partial charge in [0.05, 0.1) is 6.04 Å². The van der Waals surface area contributed by atoms with E-state index in [1.807, 2.05) is 14.1 Å². The average molecular weight is 232 g/mol. The predicted molar refractivity (Wildman–Crippen MR) is 71.9 cm³/mol. The fourth-order valence-electron chi connectivity index (χ4n) is 1.79. The molecule has 3 heteroatoms. The van der Waals surface area contributed by atoms with Gasteiger partial charge in [0.1, 0.15) is 6.61 Å². The van der Waals surface area contributed by atoms with Crippen molar-refractivity contribution in [3.63, 3.8) is 0 Å². The zero-order valence-corrected chi connectivity index (χ0v) is 11.0. The van der Waals surface area contributed by atoms with Crippen molar-refractivity contribution in [2.24, 2.45) is 10.9 Å². The molecule has 0 aromatic heterocycles. The zero-order chi connectivity index (χ0) is 12.4. The molecule has 1 heterocycles. The quantitative estimate of drug-likeness (QED) is 0.800. The molecule has 92 valence electrons. The van der Waals surface area contributed by atoms with Gasteiger partial charge >= 0.3 is 0 Å². The van der Waals surface area contributed by atoms with Gasteiger partial charge in [-0.15, -0.1) is 0 Å². The second kappa shape index (κ2) is 4.78. The van der Waals surface area contributed by atoms with Gasteiger partial charge in [0, 0.05) is 25.3 Å². The Morgan fingerprint density at radius 2 is 1.88 bits per heavy atom. The maximum absolute atomic E-state index is 5.65. The van der Waals surface area contributed by atoms with Gasteiger partial charge in [-0.1, -0.05) is 13.8 Å². The van der Waals surface area contributed by atoms with Gasteiger partial charge in [-0.05, 0) is 30.2 Å². The maximum Gasteiger partial charge on any atom is 0.216 e. The number of rotatable bonds is 3. The van der Waals surface area contributed by atoms with Gasteiger partial charge in [-0.3, -0.25) is 0 Å². The molecule has 1 aromatic rings. The van der Waals surface area contributed by atoms with Crippen molar-refractivity contribution in [2.75, 3.05) is 25.6 Å². The lowest BCUT2D eigenvalue weighted by Gasteiger charge is -2.12. The number of aliphatic imine (C=N–C) groups is 1. The van der Waals surface area contributed by atoms with Gasteiger partial charge < -0.3 is 9.64 Å². The fourth-order valence-corrected chi connectivity index (χ4v) is 1.79. The number of ether oxygens (including phenoxy) is 1. The minimum atomic E-state index is 0.304. The minimum absolute atomic E-state index is 0.304. The van der Waals surface area contributed by atoms with E-state index in [1.165, 1.54) is 5.69 Å². The van der Waals surface area contributed by atoms with E-state index in [-0.39, 0.29) is 0 Å². The van der Waals surface area contributed by atoms with Gasteiger partial charge in [0.15, 0.2) is 0 Å². The van der Waals surface area contributed by atoms with Crippen LogP contribution in [0.5, 0.6) is 0 Å². The fraction of sp³-hybridized carbons (Fsp3) is 0.500. The molecule has 1 atom stereocenters. The largest absolute Gasteiger partial charge is 0.475 e. The summed E-state index contributed by atoms with van der Waals surface area (Å²) in [7, 11) is 4.07. The Balaban J connectivity index is 2.16. The van der Waals surface area contributed by atoms with Crippen LogP contribution in [0.25, 0.3) is 0 Å². The first-order chi connectivity index (χ1) is 8.08. The van der Waals surface area contributed by atoms with Crippen LogP contribution < -0.4 is 4.90 Å². The molecule has 1 unspecified atom stereocenters. The van der Waals surface area contributed by atoms with E-state index >= 15 is 0 Å². The third-order valence-electron chi connectivity index (χ3n) is 3.07. The van der Waals surface area contributed by atoms with E-state index in [9.17, 15) is 0 Å². The van der Waals surface area contributed by atoms with Crippen LogP contribution in [0.4, 0.5) is 5.69 Å². The Kier molecular flexibility index (Phi) is 3.36. The van der Waals surface area contributed by atoms with Crippen LogP contribution in [0.15, 0.2) is 29.3 Å². The Hall–Kier alpha value is -1.51. The van der Waals surface area contributed by atoms with Crippen molar-refractivity contribution in [1.82, 2.24) is 0 Å². The van der Waals surface area contributed by atoms with E-state index in [0.29, 0.717) is 18.6 Å². The highest BCUT2D eigenvalue weighted by Crippen LogP contribution is 2.19. The number of hydrogen-bond acceptors (Lipinski definition) is 3. The molecule has 0 saturated heterocycles. The third kappa shape index (κ3) is 2.60. The topological polar surface area (TPSA) is 24.8 Å². The molecular formula is C14H20N2O. The Bertz CT molecular complexity index is 407. The second-order valence-corrected chi connectivity index (χ2v) is 5.00. The average Bonchev–Trinajstić information content (AvgIpc) is 2.78. The van der Waals surface area contributed by atoms with Crippen molar-refractivity contribution in [3.05, 3.63) is 29.8 Å². The van der Waals surface area contributed by atoms with Crippen molar-refractivity contribution < 1.29 is 4.74 Å². The Labute approximate surface area is 103 Å². The molecule has 1 aliphatic heterocycles. The first-order valence-corrected chi connectivity index (χ1v) is 6.06. The van der Waals surface area contributed by atoms with Crippen molar-refractivity contribution in [1.29, 1.82) is 0 Å². The monoisotopic (exact) mass is 232 g/mol. The molecule has 1 aliphatic rings. The molecule has 2 rings (SSSR count). The number of benzene rings is 1. The van der Waals surface area contributed by atoms with Crippen molar-refractivity contribution in [2.45, 2.75) is 19.9 Å². The SMILES string of the molecule is CC(C)C1COC(c2ccc(N(C)C)cc2)=N1. The summed E-state index contributed by atoms with van der Waals surface area (Å²) < 4.78 is 5.65. The van der Waals surface area contributed by atoms with Crippen LogP contribution in [-0.4, -0.2) is 32.6 Å². The highest BCUT2D eigenvalue weighted by molar-refractivity contribution is 5.95. The van der Waals surface area contributed by atoms with Gasteiger partial charge in [-0.2, -0.15) is 0 Å². The molecule has 0 N–H and O–H groups in total. The molecule has 0 amide bonds. The smallest absolute Gasteiger partial charge is 0.216 e. The molecule has 0 bridgehead atoms. The molecule has 0 saturated carbocycles. The standard InChI is InChI=1S/C14H20N2O/c1-10(2)13-9-17-14(15-13)11-5-7-12(8-6-11)16(3)4/h5-8,10,13H,9H2,1-4H3. The van der Waals surface area contributed by atoms with E-state index < -0.39 is 0 Å². The van der Waals surface area contributed by atoms with E-state index in [2.05, 4.69) is 48.0 Å². The molecular weight excluding hydrogens is 212 g/mol. The molecule has 0 spiro atoms. The molecule has 3 nitrogen and oxygen atoms in total. The summed E-state index contributed by atoms with van der Waals surface area (Å²) in [6.07, 6.45) is 0. The zero-order valence-electron chi connectivity index (χ0n) is 11.0. The Morgan fingerprint density at radius 1 is 1.24 bits per heavy atom. The van der Waals surface area contributed by atoms with E-state index in [1.54, 1.807) is 0 Å². The van der Waals surface area contributed by atoms with Crippen LogP contribution in [0.3, 0.4) is 0 Å². The molecule has 0 aliphatic carbocycles. The summed E-state index contributed by atoms with van der Waals surface area (Å²) >= 11 is 0. The molecule has 17 heavy (non-hydrogen) atoms. The van der Waals surface area contributed by atoms with Crippen LogP contribution in [0.2, 0.25) is 0 Å². The molecule has 0 fully saturated rings. The highest BCUT2D eigenvalue weighted by atomic mass is 16.5. The van der Waals surface area contributed by atoms with E-state index in [4.69, 9.17) is 4.74 Å². The Morgan fingerprint density at radius 3 is 2.35 bits per heavy atom. The van der Waals surface area contributed by atoms with Crippen molar-refractivity contribution >= 4 is 11.6 Å². The van der Waals surface area contributed by atoms with Crippen LogP contribution >= 0.6 is 0 Å². The summed E-state index contributed by atoms with van der Waals surface area (Å²) in [5.74, 6) is 1.32. The lowest BCUT2D eigenvalue weighted by atomic mass is 10.1. The molecule has 1 aromatic carbocycles. The van der Waals surface area contributed by atoms with Crippen LogP contribution in [0.1, 0.15) is 19.4 Å². The number of anilines is 1. The summed E-state index contributed by atoms with van der Waals surface area (Å²) in [5.41, 5.74) is 2.26. The predicted octanol–water partition coefficient (Wildman–Crippen LogP) is 2.55. The van der Waals surface area contributed by atoms with Gasteiger partial charge in [-0.25, -0.2) is 4.99 Å². The summed E-state index contributed by atoms with van der Waals surface area (Å²) in [6.45, 7) is 5.06. The lowest BCUT2D eigenvalue weighted by molar-refractivity contribution is 0.292. The van der Waals surface area contributed by atoms with Crippen molar-refractivity contribution in [3.8, 4) is 0 Å². The van der Waals surface area contributed by atoms with Crippen LogP contribution in [0, 0.1) is 5.92 Å². The normalized spacial score (nSPS) is 19.1. The highest BCUT2D eigenvalue weighted by Gasteiger charge is 2.22. The molecule has 0 radical (unpaired) electrons. The van der Waals surface area contributed by atoms with Gasteiger partial charge in [0.2, 0.25) is 5.90 Å². The number of nitrogens with zero attached hydrogens (tertiary/aromatic N) is 2.